The summed E-state index contributed by atoms with van der Waals surface area (Å²) >= 11 is 0. The lowest BCUT2D eigenvalue weighted by Crippen LogP contribution is -1.97. The van der Waals surface area contributed by atoms with Crippen LogP contribution in [-0.4, -0.2) is 16.7 Å². The van der Waals surface area contributed by atoms with Gasteiger partial charge in [0, 0.05) is 18.1 Å². The Morgan fingerprint density at radius 1 is 1.16 bits per heavy atom. The molecule has 3 heteroatoms. The van der Waals surface area contributed by atoms with Crippen LogP contribution in [0.2, 0.25) is 0 Å². The van der Waals surface area contributed by atoms with Crippen LogP contribution in [0.4, 0.5) is 0 Å². The van der Waals surface area contributed by atoms with E-state index in [2.05, 4.69) is 4.98 Å². The molecule has 1 N–H and O–H groups in total. The van der Waals surface area contributed by atoms with Gasteiger partial charge in [-0.15, -0.1) is 0 Å². The van der Waals surface area contributed by atoms with Crippen LogP contribution >= 0.6 is 0 Å². The van der Waals surface area contributed by atoms with Crippen molar-refractivity contribution in [1.29, 1.82) is 0 Å². The van der Waals surface area contributed by atoms with Gasteiger partial charge in [-0.3, -0.25) is 0 Å². The minimum Gasteiger partial charge on any atom is -0.436 e. The molecule has 0 spiro atoms. The first-order valence-corrected chi connectivity index (χ1v) is 6.34. The summed E-state index contributed by atoms with van der Waals surface area (Å²) < 4.78 is 5.80. The molecule has 0 saturated carbocycles. The number of benzene rings is 2. The van der Waals surface area contributed by atoms with E-state index in [1.807, 2.05) is 55.5 Å². The third kappa shape index (κ3) is 2.25. The van der Waals surface area contributed by atoms with Gasteiger partial charge in [0.05, 0.1) is 0 Å². The van der Waals surface area contributed by atoms with Gasteiger partial charge in [0.15, 0.2) is 5.58 Å². The summed E-state index contributed by atoms with van der Waals surface area (Å²) in [6, 6.07) is 15.7. The highest BCUT2D eigenvalue weighted by atomic mass is 16.3. The zero-order valence-electron chi connectivity index (χ0n) is 10.7. The Hall–Kier alpha value is -2.13. The van der Waals surface area contributed by atoms with Crippen LogP contribution in [0.15, 0.2) is 52.9 Å². The summed E-state index contributed by atoms with van der Waals surface area (Å²) in [5.74, 6) is 0.735. The Balaban J connectivity index is 2.06. The molecule has 96 valence electrons. The van der Waals surface area contributed by atoms with E-state index in [0.29, 0.717) is 5.89 Å². The summed E-state index contributed by atoms with van der Waals surface area (Å²) in [7, 11) is 0. The number of fused-ring (bicyclic) bond motifs is 1. The van der Waals surface area contributed by atoms with Crippen LogP contribution in [0.3, 0.4) is 0 Å². The van der Waals surface area contributed by atoms with E-state index >= 15 is 0 Å². The molecular weight excluding hydrogens is 238 g/mol. The minimum absolute atomic E-state index is 0.106. The van der Waals surface area contributed by atoms with Crippen LogP contribution in [0.25, 0.3) is 22.6 Å². The van der Waals surface area contributed by atoms with Gasteiger partial charge in [-0.05, 0) is 29.8 Å². The molecule has 3 aromatic rings. The number of hydrogen-bond donors (Lipinski definition) is 1. The van der Waals surface area contributed by atoms with Crippen LogP contribution in [0.5, 0.6) is 0 Å². The Bertz CT molecular complexity index is 688. The maximum absolute atomic E-state index is 9.20. The van der Waals surface area contributed by atoms with E-state index in [-0.39, 0.29) is 12.5 Å². The molecule has 19 heavy (non-hydrogen) atoms. The van der Waals surface area contributed by atoms with Crippen molar-refractivity contribution in [1.82, 2.24) is 4.98 Å². The van der Waals surface area contributed by atoms with E-state index in [1.165, 1.54) is 0 Å². The first kappa shape index (κ1) is 11.9. The molecule has 1 atom stereocenters. The van der Waals surface area contributed by atoms with Gasteiger partial charge < -0.3 is 9.52 Å². The van der Waals surface area contributed by atoms with Crippen LogP contribution in [0.1, 0.15) is 18.4 Å². The first-order chi connectivity index (χ1) is 9.28. The van der Waals surface area contributed by atoms with Crippen molar-refractivity contribution >= 4 is 11.1 Å². The Kier molecular flexibility index (Phi) is 3.05. The summed E-state index contributed by atoms with van der Waals surface area (Å²) in [5, 5.41) is 9.20. The molecule has 1 aromatic heterocycles. The fraction of sp³-hybridized carbons (Fsp3) is 0.188. The molecule has 0 saturated heterocycles. The summed E-state index contributed by atoms with van der Waals surface area (Å²) in [6.07, 6.45) is 0. The van der Waals surface area contributed by atoms with Crippen molar-refractivity contribution < 1.29 is 9.52 Å². The minimum atomic E-state index is 0.106. The molecule has 0 fully saturated rings. The lowest BCUT2D eigenvalue weighted by molar-refractivity contribution is 0.273. The second-order valence-corrected chi connectivity index (χ2v) is 4.70. The van der Waals surface area contributed by atoms with Crippen molar-refractivity contribution in [2.45, 2.75) is 12.8 Å². The summed E-state index contributed by atoms with van der Waals surface area (Å²) in [6.45, 7) is 2.11. The lowest BCUT2D eigenvalue weighted by atomic mass is 10.0. The number of hydrogen-bond acceptors (Lipinski definition) is 3. The molecule has 0 aliphatic rings. The quantitative estimate of drug-likeness (QED) is 0.775. The molecule has 0 radical (unpaired) electrons. The van der Waals surface area contributed by atoms with E-state index < -0.39 is 0 Å². The van der Waals surface area contributed by atoms with Crippen molar-refractivity contribution in [2.75, 3.05) is 6.61 Å². The highest BCUT2D eigenvalue weighted by Crippen LogP contribution is 2.26. The van der Waals surface area contributed by atoms with Crippen molar-refractivity contribution in [3.63, 3.8) is 0 Å². The molecular formula is C16H15NO2. The highest BCUT2D eigenvalue weighted by molar-refractivity contribution is 5.77. The predicted molar refractivity (Wildman–Crippen MR) is 74.9 cm³/mol. The van der Waals surface area contributed by atoms with Gasteiger partial charge in [0.1, 0.15) is 5.52 Å². The van der Waals surface area contributed by atoms with Crippen LogP contribution in [-0.2, 0) is 0 Å². The second kappa shape index (κ2) is 4.86. The first-order valence-electron chi connectivity index (χ1n) is 6.34. The number of aromatic nitrogens is 1. The molecule has 3 rings (SSSR count). The normalized spacial score (nSPS) is 12.7. The third-order valence-corrected chi connectivity index (χ3v) is 3.28. The van der Waals surface area contributed by atoms with E-state index in [4.69, 9.17) is 4.42 Å². The molecule has 1 heterocycles. The number of aliphatic hydroxyl groups excluding tert-OH is 1. The van der Waals surface area contributed by atoms with E-state index in [9.17, 15) is 5.11 Å². The van der Waals surface area contributed by atoms with Gasteiger partial charge in [-0.1, -0.05) is 31.2 Å². The monoisotopic (exact) mass is 253 g/mol. The average Bonchev–Trinajstić information content (AvgIpc) is 2.90. The Morgan fingerprint density at radius 2 is 1.95 bits per heavy atom. The van der Waals surface area contributed by atoms with Gasteiger partial charge in [-0.2, -0.15) is 0 Å². The SMILES string of the molecule is C[C@@H](CO)c1ccc2nc(-c3ccccc3)oc2c1. The maximum Gasteiger partial charge on any atom is 0.227 e. The van der Waals surface area contributed by atoms with Crippen LogP contribution in [0, 0.1) is 0 Å². The molecule has 0 unspecified atom stereocenters. The van der Waals surface area contributed by atoms with Gasteiger partial charge in [-0.25, -0.2) is 4.98 Å². The molecule has 0 bridgehead atoms. The largest absolute Gasteiger partial charge is 0.436 e. The fourth-order valence-corrected chi connectivity index (χ4v) is 2.06. The molecule has 0 amide bonds. The smallest absolute Gasteiger partial charge is 0.227 e. The van der Waals surface area contributed by atoms with Gasteiger partial charge >= 0.3 is 0 Å². The predicted octanol–water partition coefficient (Wildman–Crippen LogP) is 3.59. The third-order valence-electron chi connectivity index (χ3n) is 3.28. The van der Waals surface area contributed by atoms with Crippen molar-refractivity contribution in [3.05, 3.63) is 54.1 Å². The highest BCUT2D eigenvalue weighted by Gasteiger charge is 2.10. The molecule has 3 nitrogen and oxygen atoms in total. The summed E-state index contributed by atoms with van der Waals surface area (Å²) in [4.78, 5) is 4.48. The van der Waals surface area contributed by atoms with Gasteiger partial charge in [0.25, 0.3) is 0 Å². The molecule has 2 aromatic carbocycles. The number of nitrogens with zero attached hydrogens (tertiary/aromatic N) is 1. The number of oxazole rings is 1. The topological polar surface area (TPSA) is 46.3 Å². The summed E-state index contributed by atoms with van der Waals surface area (Å²) in [5.41, 5.74) is 3.63. The molecule has 0 aliphatic heterocycles. The lowest BCUT2D eigenvalue weighted by Gasteiger charge is -2.06. The molecule has 0 aliphatic carbocycles. The Morgan fingerprint density at radius 3 is 2.68 bits per heavy atom. The zero-order valence-corrected chi connectivity index (χ0v) is 10.7. The second-order valence-electron chi connectivity index (χ2n) is 4.70. The van der Waals surface area contributed by atoms with E-state index in [1.54, 1.807) is 0 Å². The maximum atomic E-state index is 9.20. The zero-order chi connectivity index (χ0) is 13.2. The average molecular weight is 253 g/mol. The van der Waals surface area contributed by atoms with Crippen LogP contribution < -0.4 is 0 Å². The van der Waals surface area contributed by atoms with Crippen molar-refractivity contribution in [2.24, 2.45) is 0 Å². The number of rotatable bonds is 3. The van der Waals surface area contributed by atoms with Crippen molar-refractivity contribution in [3.8, 4) is 11.5 Å². The fourth-order valence-electron chi connectivity index (χ4n) is 2.06. The standard InChI is InChI=1S/C16H15NO2/c1-11(10-18)13-7-8-14-15(9-13)19-16(17-14)12-5-3-2-4-6-12/h2-9,11,18H,10H2,1H3/t11-/m0/s1. The van der Waals surface area contributed by atoms with Gasteiger partial charge in [0.2, 0.25) is 5.89 Å². The van der Waals surface area contributed by atoms with E-state index in [0.717, 1.165) is 22.2 Å². The Labute approximate surface area is 111 Å². The number of aliphatic hydroxyl groups is 1.